The Hall–Kier alpha value is -1.79. The Morgan fingerprint density at radius 3 is 2.46 bits per heavy atom. The molecule has 26 heavy (non-hydrogen) atoms. The first-order chi connectivity index (χ1) is 12.3. The summed E-state index contributed by atoms with van der Waals surface area (Å²) in [7, 11) is 3.29. The van der Waals surface area contributed by atoms with Crippen LogP contribution in [0.4, 0.5) is 4.79 Å². The van der Waals surface area contributed by atoms with Gasteiger partial charge in [0.1, 0.15) is 11.4 Å². The highest BCUT2D eigenvalue weighted by molar-refractivity contribution is 5.68. The third-order valence-electron chi connectivity index (χ3n) is 4.02. The monoisotopic (exact) mass is 364 g/mol. The van der Waals surface area contributed by atoms with Gasteiger partial charge in [-0.1, -0.05) is 6.07 Å². The van der Waals surface area contributed by atoms with Crippen LogP contribution in [0.5, 0.6) is 5.75 Å². The topological polar surface area (TPSA) is 60.0 Å². The van der Waals surface area contributed by atoms with Crippen LogP contribution in [-0.2, 0) is 22.6 Å². The van der Waals surface area contributed by atoms with Crippen LogP contribution in [0.15, 0.2) is 18.2 Å². The molecule has 1 saturated carbocycles. The molecule has 2 rings (SSSR count). The second-order valence-electron chi connectivity index (χ2n) is 7.74. The molecule has 0 atom stereocenters. The van der Waals surface area contributed by atoms with Crippen LogP contribution < -0.4 is 10.1 Å². The number of hydrogen-bond donors (Lipinski definition) is 1. The van der Waals surface area contributed by atoms with Crippen molar-refractivity contribution >= 4 is 6.09 Å². The lowest BCUT2D eigenvalue weighted by molar-refractivity contribution is 0.0183. The number of carbonyl (C=O) groups is 1. The van der Waals surface area contributed by atoms with Gasteiger partial charge in [0, 0.05) is 32.8 Å². The molecule has 1 aliphatic carbocycles. The van der Waals surface area contributed by atoms with Crippen LogP contribution in [0.3, 0.4) is 0 Å². The molecule has 0 aliphatic heterocycles. The molecule has 0 radical (unpaired) electrons. The van der Waals surface area contributed by atoms with E-state index in [1.165, 1.54) is 12.8 Å². The van der Waals surface area contributed by atoms with E-state index in [-0.39, 0.29) is 6.09 Å². The molecule has 0 heterocycles. The van der Waals surface area contributed by atoms with Gasteiger partial charge in [-0.15, -0.1) is 0 Å². The lowest BCUT2D eigenvalue weighted by atomic mass is 10.1. The molecule has 1 aromatic rings. The zero-order chi connectivity index (χ0) is 19.2. The number of nitrogens with zero attached hydrogens (tertiary/aromatic N) is 1. The van der Waals surface area contributed by atoms with Gasteiger partial charge >= 0.3 is 6.09 Å². The van der Waals surface area contributed by atoms with Crippen molar-refractivity contribution in [2.45, 2.75) is 58.3 Å². The Morgan fingerprint density at radius 2 is 1.88 bits per heavy atom. The van der Waals surface area contributed by atoms with Gasteiger partial charge < -0.3 is 24.4 Å². The molecular weight excluding hydrogens is 332 g/mol. The summed E-state index contributed by atoms with van der Waals surface area (Å²) in [6.45, 7) is 7.79. The number of nitrogens with one attached hydrogen (secondary N) is 1. The van der Waals surface area contributed by atoms with Crippen molar-refractivity contribution in [3.05, 3.63) is 29.3 Å². The first-order valence-corrected chi connectivity index (χ1v) is 9.18. The average molecular weight is 364 g/mol. The highest BCUT2D eigenvalue weighted by atomic mass is 16.6. The average Bonchev–Trinajstić information content (AvgIpc) is 3.39. The molecule has 1 N–H and O–H groups in total. The van der Waals surface area contributed by atoms with E-state index in [1.54, 1.807) is 19.1 Å². The minimum Gasteiger partial charge on any atom is -0.497 e. The lowest BCUT2D eigenvalue weighted by Gasteiger charge is -2.27. The first-order valence-electron chi connectivity index (χ1n) is 9.18. The van der Waals surface area contributed by atoms with Gasteiger partial charge in [0.25, 0.3) is 0 Å². The number of benzene rings is 1. The second-order valence-corrected chi connectivity index (χ2v) is 7.74. The molecule has 0 spiro atoms. The summed E-state index contributed by atoms with van der Waals surface area (Å²) in [5, 5.41) is 3.51. The third-order valence-corrected chi connectivity index (χ3v) is 4.02. The fourth-order valence-corrected chi connectivity index (χ4v) is 2.57. The molecule has 0 saturated heterocycles. The summed E-state index contributed by atoms with van der Waals surface area (Å²) >= 11 is 0. The molecule has 0 unspecified atom stereocenters. The number of hydrogen-bond acceptors (Lipinski definition) is 5. The molecule has 0 aromatic heterocycles. The summed E-state index contributed by atoms with van der Waals surface area (Å²) in [4.78, 5) is 14.2. The second kappa shape index (κ2) is 9.24. The minimum absolute atomic E-state index is 0.338. The number of methoxy groups -OCH3 is 2. The molecule has 6 heteroatoms. The largest absolute Gasteiger partial charge is 0.497 e. The molecule has 1 aromatic carbocycles. The maximum atomic E-state index is 12.5. The van der Waals surface area contributed by atoms with Gasteiger partial charge in [-0.2, -0.15) is 0 Å². The van der Waals surface area contributed by atoms with E-state index >= 15 is 0 Å². The minimum atomic E-state index is -0.532. The van der Waals surface area contributed by atoms with Gasteiger partial charge in [-0.25, -0.2) is 4.79 Å². The summed E-state index contributed by atoms with van der Waals surface area (Å²) in [6, 6.07) is 6.75. The quantitative estimate of drug-likeness (QED) is 0.728. The summed E-state index contributed by atoms with van der Waals surface area (Å²) in [5.41, 5.74) is 1.64. The Kier molecular flexibility index (Phi) is 7.29. The predicted octanol–water partition coefficient (Wildman–Crippen LogP) is 3.33. The number of amides is 1. The fraction of sp³-hybridized carbons (Fsp3) is 0.650. The van der Waals surface area contributed by atoms with Crippen LogP contribution in [0, 0.1) is 0 Å². The van der Waals surface area contributed by atoms with Crippen LogP contribution in [0.1, 0.15) is 44.7 Å². The van der Waals surface area contributed by atoms with Crippen molar-refractivity contribution in [3.63, 3.8) is 0 Å². The molecular formula is C20H32N2O4. The third kappa shape index (κ3) is 7.22. The summed E-state index contributed by atoms with van der Waals surface area (Å²) < 4.78 is 16.1. The van der Waals surface area contributed by atoms with Crippen molar-refractivity contribution < 1.29 is 19.0 Å². The van der Waals surface area contributed by atoms with E-state index in [2.05, 4.69) is 11.4 Å². The van der Waals surface area contributed by atoms with E-state index in [4.69, 9.17) is 14.2 Å². The molecule has 1 amide bonds. The van der Waals surface area contributed by atoms with E-state index in [0.29, 0.717) is 25.7 Å². The molecule has 6 nitrogen and oxygen atoms in total. The summed E-state index contributed by atoms with van der Waals surface area (Å²) in [6.07, 6.45) is 2.16. The molecule has 0 bridgehead atoms. The highest BCUT2D eigenvalue weighted by Crippen LogP contribution is 2.22. The Morgan fingerprint density at radius 1 is 1.19 bits per heavy atom. The Labute approximate surface area is 156 Å². The van der Waals surface area contributed by atoms with E-state index in [1.807, 2.05) is 32.9 Å². The first kappa shape index (κ1) is 20.5. The van der Waals surface area contributed by atoms with Gasteiger partial charge in [-0.3, -0.25) is 0 Å². The lowest BCUT2D eigenvalue weighted by Crippen LogP contribution is -2.38. The number of rotatable bonds is 9. The normalized spacial score (nSPS) is 14.2. The summed E-state index contributed by atoms with van der Waals surface area (Å²) in [5.74, 6) is 0.797. The zero-order valence-electron chi connectivity index (χ0n) is 16.6. The molecule has 1 fully saturated rings. The molecule has 1 aliphatic rings. The SMILES string of the molecule is COCCN(Cc1cc(CNC2CC2)cc(OC)c1)C(=O)OC(C)(C)C. The van der Waals surface area contributed by atoms with E-state index in [9.17, 15) is 4.79 Å². The standard InChI is InChI=1S/C20H32N2O4/c1-20(2,3)26-19(23)22(8-9-24-4)14-16-10-15(11-18(12-16)25-5)13-21-17-6-7-17/h10-12,17,21H,6-9,13-14H2,1-5H3. The van der Waals surface area contributed by atoms with Gasteiger partial charge in [0.05, 0.1) is 13.7 Å². The maximum Gasteiger partial charge on any atom is 0.410 e. The van der Waals surface area contributed by atoms with E-state index in [0.717, 1.165) is 23.4 Å². The van der Waals surface area contributed by atoms with Crippen molar-refractivity contribution in [1.29, 1.82) is 0 Å². The maximum absolute atomic E-state index is 12.5. The predicted molar refractivity (Wildman–Crippen MR) is 101 cm³/mol. The fourth-order valence-electron chi connectivity index (χ4n) is 2.57. The van der Waals surface area contributed by atoms with Crippen molar-refractivity contribution in [1.82, 2.24) is 10.2 Å². The van der Waals surface area contributed by atoms with Gasteiger partial charge in [0.2, 0.25) is 0 Å². The molecule has 146 valence electrons. The van der Waals surface area contributed by atoms with Gasteiger partial charge in [0.15, 0.2) is 0 Å². The van der Waals surface area contributed by atoms with Gasteiger partial charge in [-0.05, 0) is 56.9 Å². The van der Waals surface area contributed by atoms with Crippen molar-refractivity contribution in [3.8, 4) is 5.75 Å². The Bertz CT molecular complexity index is 594. The van der Waals surface area contributed by atoms with Crippen LogP contribution >= 0.6 is 0 Å². The van der Waals surface area contributed by atoms with Crippen LogP contribution in [-0.4, -0.2) is 50.0 Å². The highest BCUT2D eigenvalue weighted by Gasteiger charge is 2.23. The number of carbonyl (C=O) groups excluding carboxylic acids is 1. The zero-order valence-corrected chi connectivity index (χ0v) is 16.6. The smallest absolute Gasteiger partial charge is 0.410 e. The van der Waals surface area contributed by atoms with Crippen LogP contribution in [0.2, 0.25) is 0 Å². The van der Waals surface area contributed by atoms with Crippen LogP contribution in [0.25, 0.3) is 0 Å². The Balaban J connectivity index is 2.10. The van der Waals surface area contributed by atoms with E-state index < -0.39 is 5.60 Å². The van der Waals surface area contributed by atoms with Crippen molar-refractivity contribution in [2.75, 3.05) is 27.4 Å². The van der Waals surface area contributed by atoms with Crippen molar-refractivity contribution in [2.24, 2.45) is 0 Å². The number of ether oxygens (including phenoxy) is 3.